The standard InChI is InChI=1S/C20H40O2Si/c1-5-6-7-8-9-10-11-12-13-14-15-16-17-18-19-20(21)22-23(2,3)4/h14-15H,5-13,16-19H2,1-4H3/b15-14+. The van der Waals surface area contributed by atoms with E-state index in [1.54, 1.807) is 0 Å². The first-order chi connectivity index (χ1) is 11.0. The SMILES string of the molecule is CCCCCCCCCC/C=C/CCCCC(=O)O[Si](C)(C)C. The molecule has 0 N–H and O–H groups in total. The molecule has 0 heterocycles. The van der Waals surface area contributed by atoms with Crippen LogP contribution in [0.3, 0.4) is 0 Å². The summed E-state index contributed by atoms with van der Waals surface area (Å²) >= 11 is 0. The minimum absolute atomic E-state index is 0.00733. The lowest BCUT2D eigenvalue weighted by atomic mass is 10.1. The summed E-state index contributed by atoms with van der Waals surface area (Å²) in [5.41, 5.74) is 0. The Morgan fingerprint density at radius 2 is 1.26 bits per heavy atom. The number of unbranched alkanes of at least 4 members (excludes halogenated alkanes) is 10. The fourth-order valence-electron chi connectivity index (χ4n) is 2.56. The Bertz CT molecular complexity index is 305. The van der Waals surface area contributed by atoms with Crippen LogP contribution in [0.4, 0.5) is 0 Å². The van der Waals surface area contributed by atoms with Gasteiger partial charge in [-0.15, -0.1) is 0 Å². The van der Waals surface area contributed by atoms with Crippen molar-refractivity contribution in [3.05, 3.63) is 12.2 Å². The Morgan fingerprint density at radius 1 is 0.783 bits per heavy atom. The molecule has 0 aliphatic carbocycles. The fraction of sp³-hybridized carbons (Fsp3) is 0.850. The van der Waals surface area contributed by atoms with Gasteiger partial charge in [0.05, 0.1) is 0 Å². The van der Waals surface area contributed by atoms with E-state index < -0.39 is 8.32 Å². The van der Waals surface area contributed by atoms with E-state index in [1.807, 2.05) is 0 Å². The Balaban J connectivity index is 3.27. The molecule has 2 nitrogen and oxygen atoms in total. The third-order valence-electron chi connectivity index (χ3n) is 3.81. The molecule has 0 aromatic heterocycles. The van der Waals surface area contributed by atoms with Crippen LogP contribution in [-0.2, 0) is 9.22 Å². The van der Waals surface area contributed by atoms with E-state index in [-0.39, 0.29) is 5.97 Å². The second kappa shape index (κ2) is 15.0. The number of hydrogen-bond donors (Lipinski definition) is 0. The summed E-state index contributed by atoms with van der Waals surface area (Å²) < 4.78 is 5.43. The normalized spacial score (nSPS) is 12.0. The maximum absolute atomic E-state index is 11.6. The molecule has 0 amide bonds. The highest BCUT2D eigenvalue weighted by Gasteiger charge is 2.19. The Morgan fingerprint density at radius 3 is 1.78 bits per heavy atom. The van der Waals surface area contributed by atoms with Gasteiger partial charge in [0.2, 0.25) is 8.32 Å². The van der Waals surface area contributed by atoms with Gasteiger partial charge in [-0.05, 0) is 51.7 Å². The van der Waals surface area contributed by atoms with Crippen molar-refractivity contribution in [1.82, 2.24) is 0 Å². The smallest absolute Gasteiger partial charge is 0.292 e. The molecule has 3 heteroatoms. The van der Waals surface area contributed by atoms with Crippen LogP contribution in [0.15, 0.2) is 12.2 Å². The monoisotopic (exact) mass is 340 g/mol. The summed E-state index contributed by atoms with van der Waals surface area (Å²) in [6.07, 6.45) is 20.6. The molecule has 0 saturated heterocycles. The lowest BCUT2D eigenvalue weighted by Gasteiger charge is -2.16. The summed E-state index contributed by atoms with van der Waals surface area (Å²) in [7, 11) is -1.69. The van der Waals surface area contributed by atoms with Crippen LogP contribution in [-0.4, -0.2) is 14.3 Å². The first-order valence-electron chi connectivity index (χ1n) is 9.82. The molecule has 0 unspecified atom stereocenters. The lowest BCUT2D eigenvalue weighted by molar-refractivity contribution is -0.135. The molecule has 0 bridgehead atoms. The molecular weight excluding hydrogens is 300 g/mol. The lowest BCUT2D eigenvalue weighted by Crippen LogP contribution is -2.28. The Labute approximate surface area is 146 Å². The van der Waals surface area contributed by atoms with Gasteiger partial charge >= 0.3 is 0 Å². The molecule has 0 atom stereocenters. The molecule has 0 aliphatic heterocycles. The number of allylic oxidation sites excluding steroid dienone is 2. The molecule has 0 radical (unpaired) electrons. The molecule has 0 aromatic rings. The van der Waals surface area contributed by atoms with Gasteiger partial charge in [-0.3, -0.25) is 4.79 Å². The van der Waals surface area contributed by atoms with Gasteiger partial charge in [-0.1, -0.05) is 64.0 Å². The molecule has 136 valence electrons. The minimum Gasteiger partial charge on any atom is -0.520 e. The van der Waals surface area contributed by atoms with Gasteiger partial charge < -0.3 is 4.43 Å². The van der Waals surface area contributed by atoms with Crippen LogP contribution in [0.25, 0.3) is 0 Å². The third kappa shape index (κ3) is 19.4. The Hall–Kier alpha value is -0.573. The summed E-state index contributed by atoms with van der Waals surface area (Å²) in [4.78, 5) is 11.6. The molecule has 0 aliphatic rings. The van der Waals surface area contributed by atoms with E-state index in [0.717, 1.165) is 19.3 Å². The van der Waals surface area contributed by atoms with E-state index in [2.05, 4.69) is 38.7 Å². The zero-order chi connectivity index (χ0) is 17.4. The van der Waals surface area contributed by atoms with Crippen LogP contribution in [0, 0.1) is 0 Å². The number of rotatable bonds is 15. The molecular formula is C20H40O2Si. The average molecular weight is 341 g/mol. The zero-order valence-electron chi connectivity index (χ0n) is 16.2. The van der Waals surface area contributed by atoms with E-state index in [4.69, 9.17) is 4.43 Å². The van der Waals surface area contributed by atoms with Crippen LogP contribution in [0.1, 0.15) is 90.4 Å². The van der Waals surface area contributed by atoms with Gasteiger partial charge in [-0.2, -0.15) is 0 Å². The van der Waals surface area contributed by atoms with Crippen LogP contribution in [0.5, 0.6) is 0 Å². The van der Waals surface area contributed by atoms with Gasteiger partial charge in [0.1, 0.15) is 0 Å². The van der Waals surface area contributed by atoms with Crippen molar-refractivity contribution in [3.8, 4) is 0 Å². The molecule has 0 rings (SSSR count). The summed E-state index contributed by atoms with van der Waals surface area (Å²) in [6.45, 7) is 8.43. The largest absolute Gasteiger partial charge is 0.520 e. The highest BCUT2D eigenvalue weighted by atomic mass is 28.4. The number of hydrogen-bond acceptors (Lipinski definition) is 2. The van der Waals surface area contributed by atoms with Gasteiger partial charge in [0.25, 0.3) is 5.97 Å². The van der Waals surface area contributed by atoms with Crippen LogP contribution in [0.2, 0.25) is 19.6 Å². The molecule has 0 fully saturated rings. The van der Waals surface area contributed by atoms with E-state index in [1.165, 1.54) is 57.8 Å². The molecule has 0 saturated carbocycles. The predicted molar refractivity (Wildman–Crippen MR) is 104 cm³/mol. The molecule has 0 spiro atoms. The minimum atomic E-state index is -1.69. The summed E-state index contributed by atoms with van der Waals surface area (Å²) in [5.74, 6) is -0.00733. The predicted octanol–water partition coefficient (Wildman–Crippen LogP) is 7.01. The summed E-state index contributed by atoms with van der Waals surface area (Å²) in [6, 6.07) is 0. The van der Waals surface area contributed by atoms with Crippen LogP contribution < -0.4 is 0 Å². The highest BCUT2D eigenvalue weighted by molar-refractivity contribution is 6.71. The molecule has 0 aromatic carbocycles. The van der Waals surface area contributed by atoms with Gasteiger partial charge in [-0.25, -0.2) is 0 Å². The van der Waals surface area contributed by atoms with Crippen molar-refractivity contribution < 1.29 is 9.22 Å². The second-order valence-corrected chi connectivity index (χ2v) is 12.0. The highest BCUT2D eigenvalue weighted by Crippen LogP contribution is 2.11. The number of carbonyl (C=O) groups excluding carboxylic acids is 1. The van der Waals surface area contributed by atoms with E-state index in [9.17, 15) is 4.79 Å². The van der Waals surface area contributed by atoms with Crippen molar-refractivity contribution in [3.63, 3.8) is 0 Å². The number of carbonyl (C=O) groups is 1. The van der Waals surface area contributed by atoms with Crippen LogP contribution >= 0.6 is 0 Å². The van der Waals surface area contributed by atoms with Crippen molar-refractivity contribution in [2.24, 2.45) is 0 Å². The van der Waals surface area contributed by atoms with Gasteiger partial charge in [0, 0.05) is 6.42 Å². The van der Waals surface area contributed by atoms with Crippen molar-refractivity contribution in [2.45, 2.75) is 110 Å². The Kier molecular flexibility index (Phi) is 14.6. The van der Waals surface area contributed by atoms with Crippen molar-refractivity contribution in [1.29, 1.82) is 0 Å². The first kappa shape index (κ1) is 22.4. The topological polar surface area (TPSA) is 26.3 Å². The fourth-order valence-corrected chi connectivity index (χ4v) is 3.34. The van der Waals surface area contributed by atoms with Crippen molar-refractivity contribution >= 4 is 14.3 Å². The quantitative estimate of drug-likeness (QED) is 0.182. The maximum atomic E-state index is 11.6. The van der Waals surface area contributed by atoms with Gasteiger partial charge in [0.15, 0.2) is 0 Å². The van der Waals surface area contributed by atoms with E-state index >= 15 is 0 Å². The summed E-state index contributed by atoms with van der Waals surface area (Å²) in [5, 5.41) is 0. The zero-order valence-corrected chi connectivity index (χ0v) is 17.2. The average Bonchev–Trinajstić information content (AvgIpc) is 2.46. The molecule has 23 heavy (non-hydrogen) atoms. The maximum Gasteiger partial charge on any atom is 0.292 e. The third-order valence-corrected chi connectivity index (χ3v) is 4.65. The second-order valence-electron chi connectivity index (χ2n) is 7.57. The van der Waals surface area contributed by atoms with Crippen molar-refractivity contribution in [2.75, 3.05) is 0 Å². The van der Waals surface area contributed by atoms with E-state index in [0.29, 0.717) is 6.42 Å². The first-order valence-corrected chi connectivity index (χ1v) is 13.2.